The van der Waals surface area contributed by atoms with Gasteiger partial charge in [-0.15, -0.1) is 0 Å². The van der Waals surface area contributed by atoms with Gasteiger partial charge in [0.15, 0.2) is 8.32 Å². The molecule has 0 saturated heterocycles. The van der Waals surface area contributed by atoms with Crippen LogP contribution in [0.15, 0.2) is 0 Å². The second-order valence-corrected chi connectivity index (χ2v) is 25.9. The van der Waals surface area contributed by atoms with E-state index in [4.69, 9.17) is 4.43 Å². The van der Waals surface area contributed by atoms with Gasteiger partial charge in [0, 0.05) is 43.4 Å². The van der Waals surface area contributed by atoms with Gasteiger partial charge in [0.1, 0.15) is 0 Å². The Hall–Kier alpha value is 3.44. The van der Waals surface area contributed by atoms with Crippen LogP contribution in [0.5, 0.6) is 0 Å². The molecule has 0 aliphatic heterocycles. The Labute approximate surface area is 428 Å². The van der Waals surface area contributed by atoms with Crippen molar-refractivity contribution in [3.05, 3.63) is 0 Å². The fourth-order valence-electron chi connectivity index (χ4n) is 8.28. The maximum Gasteiger partial charge on any atom is 0.186 e. The summed E-state index contributed by atoms with van der Waals surface area (Å²) >= 11 is 44.1. The van der Waals surface area contributed by atoms with E-state index in [9.17, 15) is 0 Å². The maximum absolute atomic E-state index is 5.34. The molecule has 18 heteroatoms. The minimum Gasteiger partial charge on any atom is -0.420 e. The summed E-state index contributed by atoms with van der Waals surface area (Å²) in [5, 5.41) is 0. The van der Waals surface area contributed by atoms with Crippen LogP contribution in [0.4, 0.5) is 0 Å². The molecular weight excluding hydrogens is 953 g/mol. The van der Waals surface area contributed by atoms with Gasteiger partial charge in [-0.05, 0) is 221 Å². The molecule has 0 spiro atoms. The first-order valence-electron chi connectivity index (χ1n) is 22.9. The lowest BCUT2D eigenvalue weighted by atomic mass is 10.3. The van der Waals surface area contributed by atoms with E-state index in [1.807, 2.05) is 7.11 Å². The first-order chi connectivity index (χ1) is 28.9. The second-order valence-electron chi connectivity index (χ2n) is 17.0. The van der Waals surface area contributed by atoms with Gasteiger partial charge in [-0.2, -0.15) is 126 Å². The van der Waals surface area contributed by atoms with Crippen LogP contribution in [0.2, 0.25) is 19.1 Å². The highest BCUT2D eigenvalue weighted by atomic mass is 32.1. The van der Waals surface area contributed by atoms with Crippen molar-refractivity contribution in [2.24, 2.45) is 0 Å². The summed E-state index contributed by atoms with van der Waals surface area (Å²) in [6.07, 6.45) is 11.5. The summed E-state index contributed by atoms with van der Waals surface area (Å²) in [6, 6.07) is 4.99. The molecule has 2 fully saturated rings. The average Bonchev–Trinajstić information content (AvgIpc) is 4.18. The topological polar surface area (TPSA) is 28.7 Å². The van der Waals surface area contributed by atoms with Crippen LogP contribution in [0.3, 0.4) is 0 Å². The summed E-state index contributed by atoms with van der Waals surface area (Å²) in [7, 11) is 7.35. The lowest BCUT2D eigenvalue weighted by Gasteiger charge is -2.26. The number of hydrogen-bond donors (Lipinski definition) is 10. The van der Waals surface area contributed by atoms with E-state index in [1.165, 1.54) is 12.5 Å². The van der Waals surface area contributed by atoms with Crippen molar-refractivity contribution in [3.63, 3.8) is 0 Å². The normalized spacial score (nSPS) is 21.3. The molecule has 0 aromatic heterocycles. The largest absolute Gasteiger partial charge is 0.420 e. The number of hydrogen-bond acceptors (Lipinski definition) is 17. The van der Waals surface area contributed by atoms with Gasteiger partial charge in [-0.3, -0.25) is 14.7 Å². The van der Waals surface area contributed by atoms with Gasteiger partial charge < -0.3 is 19.1 Å². The molecule has 0 N–H and O–H groups in total. The van der Waals surface area contributed by atoms with E-state index >= 15 is 0 Å². The zero-order valence-electron chi connectivity index (χ0n) is 38.7. The summed E-state index contributed by atoms with van der Waals surface area (Å²) in [5.74, 6) is 9.59. The van der Waals surface area contributed by atoms with Crippen LogP contribution in [-0.2, 0) is 4.43 Å². The van der Waals surface area contributed by atoms with Crippen molar-refractivity contribution < 1.29 is 4.43 Å². The Kier molecular flexibility index (Phi) is 42.6. The van der Waals surface area contributed by atoms with Crippen LogP contribution < -0.4 is 0 Å². The molecule has 362 valence electrons. The Morgan fingerprint density at radius 1 is 0.333 bits per heavy atom. The standard InChI is InChI=1S/C21H45N3S6.C15H33N3S3.C6H16OSSi/c25-13-1-7-22(8-2-14-26)19-20(23(9-3-15-27)10-4-16-28)21(19)24(11-5-17-29)12-6-18-30;1-16(7-4-10-19)13-14(17(2)8-5-11-20)15(13)18(3)9-6-12-21;1-7-9(2,3)6-4-5-8/h19-21,25-30H,1-18H2;13-15,19-21H,4-12H2,1-3H3;8H,4-6H2,1-3H3. The molecule has 0 unspecified atom stereocenters. The zero-order valence-corrected chi connectivity index (χ0v) is 48.7. The van der Waals surface area contributed by atoms with Crippen LogP contribution in [0.1, 0.15) is 64.2 Å². The summed E-state index contributed by atoms with van der Waals surface area (Å²) < 4.78 is 5.34. The van der Waals surface area contributed by atoms with Crippen LogP contribution in [0.25, 0.3) is 0 Å². The minimum absolute atomic E-state index is 0.601. The molecule has 0 bridgehead atoms. The fraction of sp³-hybridized carbons (Fsp3) is 1.00. The molecular formula is C42H94N6OS10Si. The molecule has 60 heavy (non-hydrogen) atoms. The number of likely N-dealkylation sites (N-methyl/N-ethyl adjacent to an activating group) is 3. The average molecular weight is 1050 g/mol. The molecule has 0 heterocycles. The predicted molar refractivity (Wildman–Crippen MR) is 309 cm³/mol. The van der Waals surface area contributed by atoms with Crippen molar-refractivity contribution in [2.75, 3.05) is 145 Å². The lowest BCUT2D eigenvalue weighted by Crippen LogP contribution is -2.37. The van der Waals surface area contributed by atoms with Gasteiger partial charge in [-0.25, -0.2) is 0 Å². The van der Waals surface area contributed by atoms with Gasteiger partial charge in [0.05, 0.1) is 0 Å². The number of nitrogens with zero attached hydrogens (tertiary/aromatic N) is 6. The smallest absolute Gasteiger partial charge is 0.186 e. The molecule has 2 aliphatic carbocycles. The van der Waals surface area contributed by atoms with Gasteiger partial charge in [0.2, 0.25) is 0 Å². The molecule has 2 rings (SSSR count). The molecule has 0 amide bonds. The predicted octanol–water partition coefficient (Wildman–Crippen LogP) is 7.95. The molecule has 0 radical (unpaired) electrons. The van der Waals surface area contributed by atoms with E-state index < -0.39 is 8.32 Å². The molecule has 0 aromatic carbocycles. The molecule has 2 aliphatic rings. The third-order valence-corrected chi connectivity index (χ3v) is 17.6. The molecule has 0 atom stereocenters. The summed E-state index contributed by atoms with van der Waals surface area (Å²) in [6.45, 7) is 14.7. The van der Waals surface area contributed by atoms with Crippen molar-refractivity contribution in [3.8, 4) is 0 Å². The van der Waals surface area contributed by atoms with Crippen molar-refractivity contribution in [2.45, 2.75) is 120 Å². The van der Waals surface area contributed by atoms with Gasteiger partial charge in [-0.1, -0.05) is 0 Å². The quantitative estimate of drug-likeness (QED) is 0.0229. The second kappa shape index (κ2) is 40.3. The minimum atomic E-state index is -1.25. The van der Waals surface area contributed by atoms with Crippen molar-refractivity contribution in [1.82, 2.24) is 29.4 Å². The Balaban J connectivity index is 0.00000100. The summed E-state index contributed by atoms with van der Waals surface area (Å²) in [5.41, 5.74) is 0. The van der Waals surface area contributed by atoms with E-state index in [0.29, 0.717) is 36.3 Å². The van der Waals surface area contributed by atoms with Crippen LogP contribution in [-0.4, -0.2) is 219 Å². The number of thiol groups is 10. The number of rotatable bonds is 37. The zero-order chi connectivity index (χ0) is 45.3. The first-order valence-corrected chi connectivity index (χ1v) is 32.3. The van der Waals surface area contributed by atoms with Crippen LogP contribution in [0, 0.1) is 0 Å². The Bertz CT molecular complexity index is 843. The molecule has 7 nitrogen and oxygen atoms in total. The van der Waals surface area contributed by atoms with Gasteiger partial charge in [0.25, 0.3) is 0 Å². The van der Waals surface area contributed by atoms with E-state index in [0.717, 1.165) is 174 Å². The SMILES string of the molecule is CN(CCCS)C1C(N(C)CCCS)C1N(C)CCCS.CO[Si](C)(C)CCCS.SCCCN(CCCS)C1C(N(CCCS)CCCS)C1N(CCCS)CCCS. The Morgan fingerprint density at radius 3 is 0.717 bits per heavy atom. The Morgan fingerprint density at radius 2 is 0.533 bits per heavy atom. The highest BCUT2D eigenvalue weighted by Crippen LogP contribution is 2.40. The molecule has 0 aromatic rings. The maximum atomic E-state index is 5.34. The third-order valence-electron chi connectivity index (χ3n) is 11.7. The lowest BCUT2D eigenvalue weighted by molar-refractivity contribution is 0.200. The van der Waals surface area contributed by atoms with Crippen molar-refractivity contribution in [1.29, 1.82) is 0 Å². The third kappa shape index (κ3) is 26.8. The van der Waals surface area contributed by atoms with Crippen LogP contribution >= 0.6 is 126 Å². The summed E-state index contributed by atoms with van der Waals surface area (Å²) in [4.78, 5) is 15.8. The first kappa shape index (κ1) is 63.4. The van der Waals surface area contributed by atoms with E-state index in [2.05, 4.69) is 190 Å². The highest BCUT2D eigenvalue weighted by molar-refractivity contribution is 7.81. The molecule has 2 saturated carbocycles. The van der Waals surface area contributed by atoms with E-state index in [1.54, 1.807) is 0 Å². The van der Waals surface area contributed by atoms with E-state index in [-0.39, 0.29) is 0 Å². The monoisotopic (exact) mass is 1050 g/mol. The fourth-order valence-corrected chi connectivity index (χ4v) is 11.2. The van der Waals surface area contributed by atoms with Gasteiger partial charge >= 0.3 is 0 Å². The van der Waals surface area contributed by atoms with Crippen molar-refractivity contribution >= 4 is 135 Å². The highest BCUT2D eigenvalue weighted by Gasteiger charge is 2.58.